The largest absolute Gasteiger partial charge is 0.329 e. The number of aryl methyl sites for hydroxylation is 2. The normalized spacial score (nSPS) is 16.9. The van der Waals surface area contributed by atoms with Gasteiger partial charge in [-0.3, -0.25) is 4.79 Å². The van der Waals surface area contributed by atoms with Gasteiger partial charge in [-0.05, 0) is 62.8 Å². The van der Waals surface area contributed by atoms with Crippen molar-refractivity contribution in [2.45, 2.75) is 47.0 Å². The fraction of sp³-hybridized carbons (Fsp3) is 0.562. The van der Waals surface area contributed by atoms with Gasteiger partial charge in [0.15, 0.2) is 0 Å². The second-order valence-corrected chi connectivity index (χ2v) is 5.93. The van der Waals surface area contributed by atoms with E-state index < -0.39 is 0 Å². The molecule has 2 rings (SSSR count). The summed E-state index contributed by atoms with van der Waals surface area (Å²) < 4.78 is 0. The maximum absolute atomic E-state index is 12.5. The third kappa shape index (κ3) is 2.27. The van der Waals surface area contributed by atoms with Crippen LogP contribution < -0.4 is 11.1 Å². The zero-order valence-electron chi connectivity index (χ0n) is 12.4. The number of nitrogens with two attached hydrogens (primary N) is 1. The van der Waals surface area contributed by atoms with Crippen LogP contribution in [0.15, 0.2) is 6.07 Å². The molecular weight excluding hydrogens is 236 g/mol. The van der Waals surface area contributed by atoms with Crippen molar-refractivity contribution in [2.75, 3.05) is 11.9 Å². The van der Waals surface area contributed by atoms with E-state index in [4.69, 9.17) is 5.73 Å². The molecule has 1 amide bonds. The molecule has 0 heterocycles. The summed E-state index contributed by atoms with van der Waals surface area (Å²) in [5.74, 6) is 0.0949. The minimum Gasteiger partial charge on any atom is -0.329 e. The highest BCUT2D eigenvalue weighted by molar-refractivity contribution is 5.97. The van der Waals surface area contributed by atoms with Gasteiger partial charge in [-0.1, -0.05) is 12.5 Å². The Hall–Kier alpha value is -1.35. The molecule has 1 aliphatic carbocycles. The highest BCUT2D eigenvalue weighted by Crippen LogP contribution is 2.41. The molecule has 0 atom stereocenters. The van der Waals surface area contributed by atoms with Gasteiger partial charge in [0.05, 0.1) is 5.41 Å². The summed E-state index contributed by atoms with van der Waals surface area (Å²) in [5.41, 5.74) is 11.2. The quantitative estimate of drug-likeness (QED) is 0.877. The maximum atomic E-state index is 12.5. The van der Waals surface area contributed by atoms with Crippen LogP contribution in [0.2, 0.25) is 0 Å². The van der Waals surface area contributed by atoms with Gasteiger partial charge in [0, 0.05) is 12.2 Å². The molecule has 3 N–H and O–H groups in total. The number of amides is 1. The Balaban J connectivity index is 2.31. The Bertz CT molecular complexity index is 484. The van der Waals surface area contributed by atoms with Gasteiger partial charge < -0.3 is 11.1 Å². The van der Waals surface area contributed by atoms with Crippen molar-refractivity contribution < 1.29 is 4.79 Å². The zero-order chi connectivity index (χ0) is 14.2. The molecule has 0 saturated heterocycles. The van der Waals surface area contributed by atoms with E-state index in [0.29, 0.717) is 6.54 Å². The number of rotatable bonds is 3. The van der Waals surface area contributed by atoms with Crippen LogP contribution in [0.4, 0.5) is 5.69 Å². The van der Waals surface area contributed by atoms with Gasteiger partial charge in [0.2, 0.25) is 5.91 Å². The topological polar surface area (TPSA) is 55.1 Å². The maximum Gasteiger partial charge on any atom is 0.231 e. The number of hydrogen-bond acceptors (Lipinski definition) is 2. The van der Waals surface area contributed by atoms with Crippen LogP contribution >= 0.6 is 0 Å². The Kier molecular flexibility index (Phi) is 3.68. The second kappa shape index (κ2) is 4.97. The highest BCUT2D eigenvalue weighted by atomic mass is 16.2. The summed E-state index contributed by atoms with van der Waals surface area (Å²) in [6.45, 7) is 8.74. The Morgan fingerprint density at radius 3 is 2.11 bits per heavy atom. The second-order valence-electron chi connectivity index (χ2n) is 5.93. The third-order valence-electron chi connectivity index (χ3n) is 4.79. The lowest BCUT2D eigenvalue weighted by Gasteiger charge is -2.39. The van der Waals surface area contributed by atoms with E-state index in [9.17, 15) is 4.79 Å². The van der Waals surface area contributed by atoms with Gasteiger partial charge in [-0.2, -0.15) is 0 Å². The molecule has 19 heavy (non-hydrogen) atoms. The molecule has 0 bridgehead atoms. The average molecular weight is 260 g/mol. The molecular formula is C16H24N2O. The predicted molar refractivity (Wildman–Crippen MR) is 79.4 cm³/mol. The number of nitrogens with one attached hydrogen (secondary N) is 1. The van der Waals surface area contributed by atoms with Crippen LogP contribution in [0, 0.1) is 33.1 Å². The van der Waals surface area contributed by atoms with E-state index in [0.717, 1.165) is 36.1 Å². The number of hydrogen-bond donors (Lipinski definition) is 2. The van der Waals surface area contributed by atoms with Crippen molar-refractivity contribution in [3.05, 3.63) is 28.3 Å². The summed E-state index contributed by atoms with van der Waals surface area (Å²) >= 11 is 0. The lowest BCUT2D eigenvalue weighted by atomic mass is 9.68. The summed E-state index contributed by atoms with van der Waals surface area (Å²) in [6.07, 6.45) is 2.94. The third-order valence-corrected chi connectivity index (χ3v) is 4.79. The smallest absolute Gasteiger partial charge is 0.231 e. The molecule has 1 aromatic carbocycles. The van der Waals surface area contributed by atoms with E-state index in [1.807, 2.05) is 0 Å². The minimum atomic E-state index is -0.323. The van der Waals surface area contributed by atoms with Gasteiger partial charge in [0.1, 0.15) is 0 Å². The van der Waals surface area contributed by atoms with Gasteiger partial charge in [-0.25, -0.2) is 0 Å². The molecule has 1 aromatic rings. The van der Waals surface area contributed by atoms with E-state index in [1.54, 1.807) is 0 Å². The van der Waals surface area contributed by atoms with Crippen molar-refractivity contribution in [1.82, 2.24) is 0 Å². The lowest BCUT2D eigenvalue weighted by Crippen LogP contribution is -2.47. The van der Waals surface area contributed by atoms with Crippen molar-refractivity contribution >= 4 is 11.6 Å². The predicted octanol–water partition coefficient (Wildman–Crippen LogP) is 2.99. The summed E-state index contributed by atoms with van der Waals surface area (Å²) in [7, 11) is 0. The van der Waals surface area contributed by atoms with Gasteiger partial charge >= 0.3 is 0 Å². The van der Waals surface area contributed by atoms with Gasteiger partial charge in [0.25, 0.3) is 0 Å². The molecule has 104 valence electrons. The van der Waals surface area contributed by atoms with Crippen LogP contribution in [0.1, 0.15) is 41.5 Å². The fourth-order valence-corrected chi connectivity index (χ4v) is 2.78. The molecule has 3 nitrogen and oxygen atoms in total. The van der Waals surface area contributed by atoms with Crippen molar-refractivity contribution in [3.8, 4) is 0 Å². The highest BCUT2D eigenvalue weighted by Gasteiger charge is 2.43. The SMILES string of the molecule is Cc1cc(C)c(C)c(NC(=O)C2(CN)CCC2)c1C. The Morgan fingerprint density at radius 2 is 1.74 bits per heavy atom. The fourth-order valence-electron chi connectivity index (χ4n) is 2.78. The lowest BCUT2D eigenvalue weighted by molar-refractivity contribution is -0.129. The number of carbonyl (C=O) groups excluding carboxylic acids is 1. The summed E-state index contributed by atoms with van der Waals surface area (Å²) in [5, 5.41) is 3.13. The van der Waals surface area contributed by atoms with Crippen molar-refractivity contribution in [1.29, 1.82) is 0 Å². The molecule has 1 saturated carbocycles. The molecule has 1 aliphatic rings. The van der Waals surface area contributed by atoms with Crippen molar-refractivity contribution in [3.63, 3.8) is 0 Å². The first-order valence-corrected chi connectivity index (χ1v) is 7.00. The number of benzene rings is 1. The standard InChI is InChI=1S/C16H24N2O/c1-10-8-11(2)13(4)14(12(10)3)18-15(19)16(9-17)6-5-7-16/h8H,5-7,9,17H2,1-4H3,(H,18,19). The van der Waals surface area contributed by atoms with E-state index in [2.05, 4.69) is 39.1 Å². The Morgan fingerprint density at radius 1 is 1.21 bits per heavy atom. The zero-order valence-corrected chi connectivity index (χ0v) is 12.4. The molecule has 0 spiro atoms. The molecule has 3 heteroatoms. The van der Waals surface area contributed by atoms with E-state index in [-0.39, 0.29) is 11.3 Å². The molecule has 0 aliphatic heterocycles. The van der Waals surface area contributed by atoms with E-state index >= 15 is 0 Å². The number of anilines is 1. The van der Waals surface area contributed by atoms with Crippen LogP contribution in [-0.4, -0.2) is 12.5 Å². The van der Waals surface area contributed by atoms with Crippen LogP contribution in [0.25, 0.3) is 0 Å². The molecule has 0 radical (unpaired) electrons. The van der Waals surface area contributed by atoms with E-state index in [1.165, 1.54) is 11.1 Å². The van der Waals surface area contributed by atoms with Gasteiger partial charge in [-0.15, -0.1) is 0 Å². The molecule has 0 unspecified atom stereocenters. The Labute approximate surface area is 115 Å². The first-order chi connectivity index (χ1) is 8.91. The molecule has 1 fully saturated rings. The van der Waals surface area contributed by atoms with Crippen LogP contribution in [0.5, 0.6) is 0 Å². The summed E-state index contributed by atoms with van der Waals surface area (Å²) in [4.78, 5) is 12.5. The first kappa shape index (κ1) is 14.1. The van der Waals surface area contributed by atoms with Crippen LogP contribution in [0.3, 0.4) is 0 Å². The number of carbonyl (C=O) groups is 1. The first-order valence-electron chi connectivity index (χ1n) is 7.00. The molecule has 0 aromatic heterocycles. The average Bonchev–Trinajstić information content (AvgIpc) is 2.31. The monoisotopic (exact) mass is 260 g/mol. The minimum absolute atomic E-state index is 0.0949. The summed E-state index contributed by atoms with van der Waals surface area (Å²) in [6, 6.07) is 2.17. The van der Waals surface area contributed by atoms with Crippen molar-refractivity contribution in [2.24, 2.45) is 11.1 Å². The van der Waals surface area contributed by atoms with Crippen LogP contribution in [-0.2, 0) is 4.79 Å².